The normalized spacial score (nSPS) is 18.4. The van der Waals surface area contributed by atoms with Gasteiger partial charge in [0.1, 0.15) is 22.6 Å². The molecule has 2 heterocycles. The van der Waals surface area contributed by atoms with Crippen molar-refractivity contribution < 1.29 is 18.3 Å². The predicted molar refractivity (Wildman–Crippen MR) is 140 cm³/mol. The van der Waals surface area contributed by atoms with E-state index in [9.17, 15) is 23.1 Å². The summed E-state index contributed by atoms with van der Waals surface area (Å²) in [6.45, 7) is 6.82. The third-order valence-electron chi connectivity index (χ3n) is 6.09. The van der Waals surface area contributed by atoms with E-state index in [0.29, 0.717) is 25.4 Å². The van der Waals surface area contributed by atoms with Gasteiger partial charge in [0, 0.05) is 19.2 Å². The molecule has 0 spiro atoms. The zero-order valence-corrected chi connectivity index (χ0v) is 22.7. The van der Waals surface area contributed by atoms with Crippen LogP contribution in [0.25, 0.3) is 5.69 Å². The highest BCUT2D eigenvalue weighted by Crippen LogP contribution is 2.41. The second-order valence-corrected chi connectivity index (χ2v) is 12.6. The maximum atomic E-state index is 13.5. The van der Waals surface area contributed by atoms with Crippen LogP contribution in [-0.4, -0.2) is 45.7 Å². The minimum Gasteiger partial charge on any atom is -0.507 e. The average molecular weight is 569 g/mol. The molecule has 1 aliphatic rings. The van der Waals surface area contributed by atoms with E-state index >= 15 is 0 Å². The molecule has 37 heavy (non-hydrogen) atoms. The molecule has 0 aliphatic carbocycles. The number of benzene rings is 2. The minimum absolute atomic E-state index is 0.00291. The highest BCUT2D eigenvalue weighted by Gasteiger charge is 2.36. The van der Waals surface area contributed by atoms with Gasteiger partial charge in [-0.15, -0.1) is 0 Å². The van der Waals surface area contributed by atoms with Crippen LogP contribution in [0.2, 0.25) is 10.0 Å². The zero-order valence-electron chi connectivity index (χ0n) is 20.4. The summed E-state index contributed by atoms with van der Waals surface area (Å²) in [5.74, 6) is 0.0458. The summed E-state index contributed by atoms with van der Waals surface area (Å²) in [5.41, 5.74) is -1.49. The largest absolute Gasteiger partial charge is 0.507 e. The van der Waals surface area contributed by atoms with Crippen LogP contribution in [0.15, 0.2) is 51.0 Å². The number of nitrogens with one attached hydrogen (secondary N) is 1. The van der Waals surface area contributed by atoms with Crippen molar-refractivity contribution >= 4 is 33.2 Å². The number of halogens is 2. The van der Waals surface area contributed by atoms with Gasteiger partial charge in [0.15, 0.2) is 5.75 Å². The minimum atomic E-state index is -4.03. The van der Waals surface area contributed by atoms with Crippen molar-refractivity contribution in [3.63, 3.8) is 0 Å². The molecule has 1 aliphatic heterocycles. The number of nitrogens with zero attached hydrogens (tertiary/aromatic N) is 3. The molecular weight excluding hydrogens is 543 g/mol. The lowest BCUT2D eigenvalue weighted by atomic mass is 9.84. The number of sulfonamides is 1. The summed E-state index contributed by atoms with van der Waals surface area (Å²) in [7, 11) is -4.03. The van der Waals surface area contributed by atoms with Crippen LogP contribution >= 0.6 is 23.2 Å². The van der Waals surface area contributed by atoms with Crippen molar-refractivity contribution in [1.29, 1.82) is 0 Å². The topological polar surface area (TPSA) is 135 Å². The lowest BCUT2D eigenvalue weighted by Gasteiger charge is -2.29. The van der Waals surface area contributed by atoms with Gasteiger partial charge in [-0.05, 0) is 48.4 Å². The lowest BCUT2D eigenvalue weighted by molar-refractivity contribution is 0.257. The van der Waals surface area contributed by atoms with Crippen molar-refractivity contribution in [3.8, 4) is 22.9 Å². The first-order chi connectivity index (χ1) is 17.3. The first-order valence-electron chi connectivity index (χ1n) is 11.5. The number of hydrogen-bond acceptors (Lipinski definition) is 7. The van der Waals surface area contributed by atoms with E-state index in [-0.39, 0.29) is 37.5 Å². The maximum absolute atomic E-state index is 13.5. The molecule has 2 N–H and O–H groups in total. The predicted octanol–water partition coefficient (Wildman–Crippen LogP) is 4.17. The molecule has 2 aromatic carbocycles. The van der Waals surface area contributed by atoms with Crippen LogP contribution < -0.4 is 16.0 Å². The number of aromatic amines is 1. The number of phenols is 1. The van der Waals surface area contributed by atoms with Crippen LogP contribution in [0, 0.1) is 11.3 Å². The van der Waals surface area contributed by atoms with Gasteiger partial charge in [-0.3, -0.25) is 9.78 Å². The smallest absolute Gasteiger partial charge is 0.349 e. The fourth-order valence-corrected chi connectivity index (χ4v) is 6.85. The van der Waals surface area contributed by atoms with Gasteiger partial charge >= 0.3 is 5.69 Å². The van der Waals surface area contributed by atoms with E-state index < -0.39 is 27.0 Å². The fraction of sp³-hybridized carbons (Fsp3) is 0.375. The molecule has 3 aromatic rings. The molecule has 0 saturated carbocycles. The van der Waals surface area contributed by atoms with E-state index in [1.54, 1.807) is 0 Å². The third kappa shape index (κ3) is 5.85. The Labute approximate surface area is 223 Å². The number of aromatic nitrogens is 3. The molecule has 1 atom stereocenters. The number of phenolic OH excluding ortho intramolecular Hbond substituents is 1. The van der Waals surface area contributed by atoms with E-state index in [1.165, 1.54) is 34.6 Å². The van der Waals surface area contributed by atoms with Crippen LogP contribution in [0.5, 0.6) is 17.2 Å². The Morgan fingerprint density at radius 1 is 1.16 bits per heavy atom. The second-order valence-electron chi connectivity index (χ2n) is 9.92. The van der Waals surface area contributed by atoms with Gasteiger partial charge in [0.2, 0.25) is 10.0 Å². The quantitative estimate of drug-likeness (QED) is 0.471. The van der Waals surface area contributed by atoms with Crippen molar-refractivity contribution in [2.75, 3.05) is 13.1 Å². The molecule has 198 valence electrons. The summed E-state index contributed by atoms with van der Waals surface area (Å²) < 4.78 is 35.2. The zero-order chi connectivity index (χ0) is 27.1. The standard InChI is InChI=1S/C24H26Cl2N4O6S/c1-14-6-7-29(13-24(2,3)11-14)37(34,35)20-10-16(4-5-19(20)31)36-22-17(25)8-15(9-18(22)26)30-23(33)28-21(32)12-27-30/h4-5,8-10,12,14,31H,6-7,11,13H2,1-3H3,(H,28,32,33). The van der Waals surface area contributed by atoms with Gasteiger partial charge in [0.25, 0.3) is 5.56 Å². The molecular formula is C24H26Cl2N4O6S. The monoisotopic (exact) mass is 568 g/mol. The summed E-state index contributed by atoms with van der Waals surface area (Å²) in [6, 6.07) is 6.55. The molecule has 4 rings (SSSR count). The number of H-pyrrole nitrogens is 1. The van der Waals surface area contributed by atoms with Gasteiger partial charge in [-0.2, -0.15) is 14.1 Å². The highest BCUT2D eigenvalue weighted by atomic mass is 35.5. The Morgan fingerprint density at radius 3 is 2.49 bits per heavy atom. The molecule has 13 heteroatoms. The van der Waals surface area contributed by atoms with Crippen molar-refractivity contribution in [2.45, 2.75) is 38.5 Å². The fourth-order valence-electron chi connectivity index (χ4n) is 4.56. The van der Waals surface area contributed by atoms with E-state index in [0.717, 1.165) is 17.3 Å². The Morgan fingerprint density at radius 2 is 1.84 bits per heavy atom. The van der Waals surface area contributed by atoms with E-state index in [1.807, 2.05) is 13.8 Å². The van der Waals surface area contributed by atoms with E-state index in [4.69, 9.17) is 27.9 Å². The highest BCUT2D eigenvalue weighted by molar-refractivity contribution is 7.89. The summed E-state index contributed by atoms with van der Waals surface area (Å²) >= 11 is 12.7. The molecule has 0 bridgehead atoms. The van der Waals surface area contributed by atoms with Gasteiger partial charge in [-0.1, -0.05) is 44.0 Å². The maximum Gasteiger partial charge on any atom is 0.349 e. The SMILES string of the molecule is CC1CCN(S(=O)(=O)c2cc(Oc3c(Cl)cc(-n4ncc(=O)[nH]c4=O)cc3Cl)ccc2O)CC(C)(C)C1. The van der Waals surface area contributed by atoms with Crippen molar-refractivity contribution in [1.82, 2.24) is 19.1 Å². The van der Waals surface area contributed by atoms with Gasteiger partial charge < -0.3 is 9.84 Å². The molecule has 1 fully saturated rings. The number of hydrogen-bond donors (Lipinski definition) is 2. The Kier molecular flexibility index (Phi) is 7.44. The first kappa shape index (κ1) is 27.2. The van der Waals surface area contributed by atoms with Crippen LogP contribution in [-0.2, 0) is 10.0 Å². The summed E-state index contributed by atoms with van der Waals surface area (Å²) in [4.78, 5) is 25.1. The van der Waals surface area contributed by atoms with Crippen LogP contribution in [0.1, 0.15) is 33.6 Å². The Balaban J connectivity index is 1.67. The number of aromatic hydroxyl groups is 1. The van der Waals surface area contributed by atoms with Gasteiger partial charge in [-0.25, -0.2) is 13.2 Å². The first-order valence-corrected chi connectivity index (χ1v) is 13.7. The molecule has 0 amide bonds. The average Bonchev–Trinajstić information content (AvgIpc) is 2.93. The third-order valence-corrected chi connectivity index (χ3v) is 8.52. The molecule has 1 aromatic heterocycles. The molecule has 10 nitrogen and oxygen atoms in total. The molecule has 1 saturated heterocycles. The van der Waals surface area contributed by atoms with Crippen LogP contribution in [0.3, 0.4) is 0 Å². The summed E-state index contributed by atoms with van der Waals surface area (Å²) in [6.07, 6.45) is 2.53. The van der Waals surface area contributed by atoms with E-state index in [2.05, 4.69) is 17.0 Å². The lowest BCUT2D eigenvalue weighted by Crippen LogP contribution is -2.37. The number of ether oxygens (including phenoxy) is 1. The van der Waals surface area contributed by atoms with Crippen molar-refractivity contribution in [2.24, 2.45) is 11.3 Å². The molecule has 0 radical (unpaired) electrons. The van der Waals surface area contributed by atoms with Crippen molar-refractivity contribution in [3.05, 3.63) is 67.4 Å². The summed E-state index contributed by atoms with van der Waals surface area (Å²) in [5, 5.41) is 14.2. The van der Waals surface area contributed by atoms with Gasteiger partial charge in [0.05, 0.1) is 15.7 Å². The van der Waals surface area contributed by atoms with Crippen LogP contribution in [0.4, 0.5) is 0 Å². The second kappa shape index (κ2) is 10.1. The molecule has 1 unspecified atom stereocenters. The Hall–Kier alpha value is -2.86. The Bertz CT molecular complexity index is 1540. The number of rotatable bonds is 5.